The highest BCUT2D eigenvalue weighted by Crippen LogP contribution is 2.35. The lowest BCUT2D eigenvalue weighted by Gasteiger charge is -2.05. The van der Waals surface area contributed by atoms with E-state index in [1.54, 1.807) is 23.5 Å². The lowest BCUT2D eigenvalue weighted by Crippen LogP contribution is -2.02. The molecule has 0 amide bonds. The average Bonchev–Trinajstić information content (AvgIpc) is 3.16. The van der Waals surface area contributed by atoms with Gasteiger partial charge in [-0.05, 0) is 43.2 Å². The number of aryl methyl sites for hydroxylation is 1. The van der Waals surface area contributed by atoms with E-state index in [4.69, 9.17) is 0 Å². The first-order chi connectivity index (χ1) is 14.0. The fraction of sp³-hybridized carbons (Fsp3) is 0.0952. The van der Waals surface area contributed by atoms with Gasteiger partial charge in [0.2, 0.25) is 0 Å². The highest BCUT2D eigenvalue weighted by atomic mass is 32.1. The normalized spacial score (nSPS) is 11.6. The molecule has 0 aliphatic heterocycles. The second-order valence-electron chi connectivity index (χ2n) is 6.43. The number of rotatable bonds is 5. The predicted octanol–water partition coefficient (Wildman–Crippen LogP) is 5.41. The van der Waals surface area contributed by atoms with Gasteiger partial charge >= 0.3 is 0 Å². The topological polar surface area (TPSA) is 93.3 Å². The number of nitro benzene ring substituents is 1. The molecule has 0 unspecified atom stereocenters. The summed E-state index contributed by atoms with van der Waals surface area (Å²) in [5.74, 6) is 1.29. The Balaban J connectivity index is 1.65. The molecule has 0 aliphatic rings. The molecular weight excluding hydrogens is 386 g/mol. The molecule has 0 aliphatic carbocycles. The van der Waals surface area contributed by atoms with Crippen molar-refractivity contribution in [2.75, 3.05) is 5.43 Å². The summed E-state index contributed by atoms with van der Waals surface area (Å²) in [6, 6.07) is 18.5. The van der Waals surface area contributed by atoms with E-state index in [0.29, 0.717) is 17.4 Å². The van der Waals surface area contributed by atoms with Gasteiger partial charge in [-0.2, -0.15) is 5.10 Å². The van der Waals surface area contributed by atoms with Crippen molar-refractivity contribution in [3.8, 4) is 10.4 Å². The van der Waals surface area contributed by atoms with Crippen LogP contribution in [0.5, 0.6) is 0 Å². The van der Waals surface area contributed by atoms with Gasteiger partial charge in [-0.3, -0.25) is 15.5 Å². The maximum atomic E-state index is 10.8. The molecule has 4 rings (SSSR count). The molecule has 0 radical (unpaired) electrons. The number of hydrogen-bond acceptors (Lipinski definition) is 7. The zero-order valence-corrected chi connectivity index (χ0v) is 16.6. The second-order valence-corrected chi connectivity index (χ2v) is 7.46. The quantitative estimate of drug-likeness (QED) is 0.273. The van der Waals surface area contributed by atoms with Crippen molar-refractivity contribution in [3.63, 3.8) is 0 Å². The maximum Gasteiger partial charge on any atom is 0.269 e. The molecule has 0 bridgehead atoms. The average molecular weight is 403 g/mol. The number of thiophene rings is 1. The van der Waals surface area contributed by atoms with Crippen molar-refractivity contribution in [2.24, 2.45) is 5.10 Å². The van der Waals surface area contributed by atoms with Crippen molar-refractivity contribution in [1.29, 1.82) is 0 Å². The summed E-state index contributed by atoms with van der Waals surface area (Å²) in [5.41, 5.74) is 5.71. The predicted molar refractivity (Wildman–Crippen MR) is 117 cm³/mol. The van der Waals surface area contributed by atoms with Crippen LogP contribution in [-0.4, -0.2) is 20.6 Å². The summed E-state index contributed by atoms with van der Waals surface area (Å²) in [5, 5.41) is 16.1. The number of nitrogens with zero attached hydrogens (tertiary/aromatic N) is 4. The number of nitrogens with one attached hydrogen (secondary N) is 1. The molecule has 4 aromatic rings. The third-order valence-electron chi connectivity index (χ3n) is 4.39. The van der Waals surface area contributed by atoms with Crippen molar-refractivity contribution in [3.05, 3.63) is 82.2 Å². The van der Waals surface area contributed by atoms with Crippen molar-refractivity contribution >= 4 is 38.8 Å². The van der Waals surface area contributed by atoms with Crippen LogP contribution in [-0.2, 0) is 0 Å². The van der Waals surface area contributed by atoms with Gasteiger partial charge in [0.05, 0.1) is 16.0 Å². The largest absolute Gasteiger partial charge is 0.269 e. The van der Waals surface area contributed by atoms with Gasteiger partial charge in [0.25, 0.3) is 5.69 Å². The van der Waals surface area contributed by atoms with Crippen LogP contribution < -0.4 is 5.43 Å². The molecule has 0 atom stereocenters. The fourth-order valence-electron chi connectivity index (χ4n) is 2.88. The van der Waals surface area contributed by atoms with Crippen LogP contribution in [0.1, 0.15) is 18.3 Å². The van der Waals surface area contributed by atoms with E-state index in [9.17, 15) is 10.1 Å². The van der Waals surface area contributed by atoms with Gasteiger partial charge in [0, 0.05) is 17.0 Å². The highest BCUT2D eigenvalue weighted by Gasteiger charge is 2.12. The van der Waals surface area contributed by atoms with E-state index in [0.717, 1.165) is 26.2 Å². The number of hydrazone groups is 1. The third-order valence-corrected chi connectivity index (χ3v) is 5.47. The van der Waals surface area contributed by atoms with Crippen molar-refractivity contribution in [2.45, 2.75) is 13.8 Å². The Kier molecular flexibility index (Phi) is 5.01. The molecular formula is C21H17N5O2S. The first-order valence-electron chi connectivity index (χ1n) is 8.90. The van der Waals surface area contributed by atoms with Crippen LogP contribution in [0.4, 0.5) is 11.5 Å². The first-order valence-corrected chi connectivity index (χ1v) is 9.71. The lowest BCUT2D eigenvalue weighted by atomic mass is 10.1. The van der Waals surface area contributed by atoms with Gasteiger partial charge in [-0.25, -0.2) is 9.97 Å². The number of aromatic nitrogens is 2. The van der Waals surface area contributed by atoms with Crippen LogP contribution in [0.3, 0.4) is 0 Å². The molecule has 0 fully saturated rings. The molecule has 1 N–H and O–H groups in total. The summed E-state index contributed by atoms with van der Waals surface area (Å²) in [4.78, 5) is 21.4. The number of hydrogen-bond donors (Lipinski definition) is 1. The Morgan fingerprint density at radius 2 is 1.83 bits per heavy atom. The van der Waals surface area contributed by atoms with E-state index in [2.05, 4.69) is 38.7 Å². The zero-order valence-electron chi connectivity index (χ0n) is 15.8. The highest BCUT2D eigenvalue weighted by molar-refractivity contribution is 7.21. The van der Waals surface area contributed by atoms with Gasteiger partial charge in [-0.1, -0.05) is 30.3 Å². The molecule has 7 nitrogen and oxygen atoms in total. The fourth-order valence-corrected chi connectivity index (χ4v) is 3.97. The molecule has 2 heterocycles. The van der Waals surface area contributed by atoms with Crippen LogP contribution in [0.25, 0.3) is 20.7 Å². The first kappa shape index (κ1) is 18.7. The van der Waals surface area contributed by atoms with E-state index < -0.39 is 4.92 Å². The minimum absolute atomic E-state index is 0.0503. The standard InChI is InChI=1S/C21H17N5O2S/c1-13(15-8-10-17(11-9-15)26(27)28)24-25-20-18-12-19(16-6-4-3-5-7-16)29-21(18)23-14(2)22-20/h3-12H,1-2H3,(H,22,23,25). The minimum Gasteiger partial charge on any atom is -0.260 e. The maximum absolute atomic E-state index is 10.8. The summed E-state index contributed by atoms with van der Waals surface area (Å²) >= 11 is 1.61. The van der Waals surface area contributed by atoms with Gasteiger partial charge < -0.3 is 0 Å². The summed E-state index contributed by atoms with van der Waals surface area (Å²) < 4.78 is 0. The van der Waals surface area contributed by atoms with Crippen LogP contribution in [0.2, 0.25) is 0 Å². The summed E-state index contributed by atoms with van der Waals surface area (Å²) in [6.45, 7) is 3.68. The lowest BCUT2D eigenvalue weighted by molar-refractivity contribution is -0.384. The van der Waals surface area contributed by atoms with Gasteiger partial charge in [0.15, 0.2) is 5.82 Å². The van der Waals surface area contributed by atoms with Gasteiger partial charge in [-0.15, -0.1) is 11.3 Å². The molecule has 0 saturated carbocycles. The minimum atomic E-state index is -0.421. The zero-order chi connectivity index (χ0) is 20.4. The Morgan fingerprint density at radius 3 is 2.52 bits per heavy atom. The van der Waals surface area contributed by atoms with Crippen LogP contribution >= 0.6 is 11.3 Å². The summed E-state index contributed by atoms with van der Waals surface area (Å²) in [6.07, 6.45) is 0. The van der Waals surface area contributed by atoms with E-state index in [1.807, 2.05) is 32.0 Å². The third kappa shape index (κ3) is 3.97. The molecule has 8 heteroatoms. The molecule has 144 valence electrons. The van der Waals surface area contributed by atoms with E-state index >= 15 is 0 Å². The smallest absolute Gasteiger partial charge is 0.260 e. The summed E-state index contributed by atoms with van der Waals surface area (Å²) in [7, 11) is 0. The SMILES string of the molecule is CC(=NNc1nc(C)nc2sc(-c3ccccc3)cc12)c1ccc([N+](=O)[O-])cc1. The van der Waals surface area contributed by atoms with Crippen LogP contribution in [0.15, 0.2) is 65.8 Å². The molecule has 2 aromatic carbocycles. The number of nitro groups is 1. The van der Waals surface area contributed by atoms with E-state index in [-0.39, 0.29) is 5.69 Å². The monoisotopic (exact) mass is 403 g/mol. The Labute approximate surface area is 170 Å². The number of non-ortho nitro benzene ring substituents is 1. The Hall–Kier alpha value is -3.65. The van der Waals surface area contributed by atoms with Crippen molar-refractivity contribution in [1.82, 2.24) is 9.97 Å². The Bertz CT molecular complexity index is 1220. The molecule has 0 spiro atoms. The molecule has 0 saturated heterocycles. The second kappa shape index (κ2) is 7.76. The number of fused-ring (bicyclic) bond motifs is 1. The number of anilines is 1. The van der Waals surface area contributed by atoms with Crippen LogP contribution in [0, 0.1) is 17.0 Å². The molecule has 29 heavy (non-hydrogen) atoms. The van der Waals surface area contributed by atoms with Gasteiger partial charge in [0.1, 0.15) is 10.7 Å². The Morgan fingerprint density at radius 1 is 1.10 bits per heavy atom. The van der Waals surface area contributed by atoms with E-state index in [1.165, 1.54) is 12.1 Å². The molecule has 2 aromatic heterocycles. The number of benzene rings is 2. The van der Waals surface area contributed by atoms with Crippen molar-refractivity contribution < 1.29 is 4.92 Å².